The van der Waals surface area contributed by atoms with Gasteiger partial charge in [-0.25, -0.2) is 0 Å². The van der Waals surface area contributed by atoms with E-state index < -0.39 is 14.0 Å². The zero-order chi connectivity index (χ0) is 16.9. The van der Waals surface area contributed by atoms with Gasteiger partial charge >= 0.3 is 8.60 Å². The summed E-state index contributed by atoms with van der Waals surface area (Å²) in [5.41, 5.74) is 0.647. The van der Waals surface area contributed by atoms with Crippen molar-refractivity contribution in [2.45, 2.75) is 12.3 Å². The van der Waals surface area contributed by atoms with Gasteiger partial charge in [0.2, 0.25) is 0 Å². The van der Waals surface area contributed by atoms with Crippen LogP contribution < -0.4 is 0 Å². The number of hydrogen-bond acceptors (Lipinski definition) is 4. The Morgan fingerprint density at radius 1 is 1.04 bits per heavy atom. The molecule has 0 unspecified atom stereocenters. The molecule has 2 N–H and O–H groups in total. The molecule has 0 aromatic heterocycles. The van der Waals surface area contributed by atoms with Crippen LogP contribution in [0.2, 0.25) is 0 Å². The first-order chi connectivity index (χ1) is 11.0. The number of hydrogen-bond donors (Lipinski definition) is 2. The Bertz CT molecular complexity index is 628. The van der Waals surface area contributed by atoms with Crippen molar-refractivity contribution >= 4 is 14.4 Å². The molecule has 23 heavy (non-hydrogen) atoms. The van der Waals surface area contributed by atoms with Crippen molar-refractivity contribution in [3.8, 4) is 0 Å². The summed E-state index contributed by atoms with van der Waals surface area (Å²) in [5.74, 6) is -0.216. The lowest BCUT2D eigenvalue weighted by molar-refractivity contribution is -0.120. The Balaban J connectivity index is 2.68. The second-order valence-electron chi connectivity index (χ2n) is 5.27. The van der Waals surface area contributed by atoms with Gasteiger partial charge in [0, 0.05) is 0 Å². The van der Waals surface area contributed by atoms with Gasteiger partial charge in [-0.15, -0.1) is 0 Å². The van der Waals surface area contributed by atoms with Crippen LogP contribution >= 0.6 is 8.60 Å². The number of carbonyl (C=O) groups is 1. The van der Waals surface area contributed by atoms with Crippen LogP contribution in [0.15, 0.2) is 72.8 Å². The molecule has 2 aromatic rings. The maximum atomic E-state index is 13.0. The smallest absolute Gasteiger partial charge is 0.327 e. The van der Waals surface area contributed by atoms with E-state index in [1.165, 1.54) is 0 Å². The molecule has 0 aliphatic heterocycles. The minimum absolute atomic E-state index is 0.175. The summed E-state index contributed by atoms with van der Waals surface area (Å²) in [6.07, 6.45) is 0. The summed E-state index contributed by atoms with van der Waals surface area (Å²) in [6, 6.07) is 18.4. The molecule has 0 bridgehead atoms. The van der Waals surface area contributed by atoms with Crippen molar-refractivity contribution in [2.24, 2.45) is 0 Å². The number of carbonyl (C=O) groups excluding carboxylic acids is 1. The lowest BCUT2D eigenvalue weighted by Gasteiger charge is -2.33. The Hall–Kier alpha value is -1.84. The molecule has 120 valence electrons. The molecule has 5 heteroatoms. The average Bonchev–Trinajstić information content (AvgIpc) is 2.57. The second kappa shape index (κ2) is 7.62. The fraction of sp³-hybridized carbons (Fsp3) is 0.167. The Morgan fingerprint density at radius 3 is 1.83 bits per heavy atom. The molecule has 4 nitrogen and oxygen atoms in total. The summed E-state index contributed by atoms with van der Waals surface area (Å²) in [5, 5.41) is 0. The van der Waals surface area contributed by atoms with Crippen LogP contribution in [0.1, 0.15) is 18.1 Å². The summed E-state index contributed by atoms with van der Waals surface area (Å²) in [6.45, 7) is 5.24. The number of benzene rings is 2. The Morgan fingerprint density at radius 2 is 1.48 bits per heavy atom. The highest BCUT2D eigenvalue weighted by molar-refractivity contribution is 7.39. The van der Waals surface area contributed by atoms with Crippen molar-refractivity contribution in [3.05, 3.63) is 83.9 Å². The number of rotatable bonds is 7. The van der Waals surface area contributed by atoms with Gasteiger partial charge in [0.1, 0.15) is 5.41 Å². The first kappa shape index (κ1) is 17.5. The van der Waals surface area contributed by atoms with Gasteiger partial charge in [-0.3, -0.25) is 4.79 Å². The van der Waals surface area contributed by atoms with Gasteiger partial charge in [-0.05, 0) is 23.6 Å². The summed E-state index contributed by atoms with van der Waals surface area (Å²) in [4.78, 5) is 31.4. The monoisotopic (exact) mass is 330 g/mol. The molecule has 0 aliphatic carbocycles. The Kier molecular flexibility index (Phi) is 5.80. The van der Waals surface area contributed by atoms with Crippen molar-refractivity contribution in [2.75, 3.05) is 6.61 Å². The van der Waals surface area contributed by atoms with Crippen LogP contribution in [-0.2, 0) is 14.7 Å². The van der Waals surface area contributed by atoms with Gasteiger partial charge < -0.3 is 14.3 Å². The number of allylic oxidation sites excluding steroid dienone is 1. The molecule has 0 atom stereocenters. The number of Topliss-reactive ketones (excluding diaryl/α,β-unsaturated/α-hetero) is 1. The molecule has 0 saturated carbocycles. The molecule has 2 aromatic carbocycles. The largest absolute Gasteiger partial charge is 0.328 e. The molecule has 0 saturated heterocycles. The predicted molar refractivity (Wildman–Crippen MR) is 90.8 cm³/mol. The van der Waals surface area contributed by atoms with E-state index in [-0.39, 0.29) is 12.4 Å². The van der Waals surface area contributed by atoms with E-state index in [4.69, 9.17) is 4.52 Å². The summed E-state index contributed by atoms with van der Waals surface area (Å²) in [7, 11) is -2.57. The van der Waals surface area contributed by atoms with Crippen LogP contribution in [0.4, 0.5) is 0 Å². The lowest BCUT2D eigenvalue weighted by atomic mass is 9.70. The highest BCUT2D eigenvalue weighted by atomic mass is 31.2. The van der Waals surface area contributed by atoms with Crippen LogP contribution in [0.3, 0.4) is 0 Å². The molecule has 0 radical (unpaired) electrons. The highest BCUT2D eigenvalue weighted by Crippen LogP contribution is 2.39. The number of ketones is 1. The van der Waals surface area contributed by atoms with Crippen molar-refractivity contribution < 1.29 is 19.1 Å². The van der Waals surface area contributed by atoms with E-state index in [1.54, 1.807) is 6.92 Å². The maximum Gasteiger partial charge on any atom is 0.327 e. The zero-order valence-corrected chi connectivity index (χ0v) is 13.7. The van der Waals surface area contributed by atoms with Gasteiger partial charge in [-0.1, -0.05) is 67.2 Å². The molecule has 0 heterocycles. The van der Waals surface area contributed by atoms with Crippen molar-refractivity contribution in [1.29, 1.82) is 0 Å². The predicted octanol–water partition coefficient (Wildman–Crippen LogP) is 3.35. The highest BCUT2D eigenvalue weighted by Gasteiger charge is 2.42. The SMILES string of the molecule is C=C(C)C(=O)C(COP(O)O)(c1ccccc1)c1ccccc1. The van der Waals surface area contributed by atoms with Crippen LogP contribution in [0.5, 0.6) is 0 Å². The molecule has 2 rings (SSSR count). The van der Waals surface area contributed by atoms with Crippen molar-refractivity contribution in [3.63, 3.8) is 0 Å². The van der Waals surface area contributed by atoms with Gasteiger partial charge in [0.05, 0.1) is 6.61 Å². The van der Waals surface area contributed by atoms with E-state index in [0.717, 1.165) is 11.1 Å². The van der Waals surface area contributed by atoms with E-state index in [0.29, 0.717) is 5.57 Å². The van der Waals surface area contributed by atoms with E-state index in [9.17, 15) is 14.6 Å². The molecule has 0 spiro atoms. The Labute approximate surface area is 137 Å². The molecule has 0 amide bonds. The van der Waals surface area contributed by atoms with Gasteiger partial charge in [-0.2, -0.15) is 0 Å². The third-order valence-corrected chi connectivity index (χ3v) is 4.06. The molecular weight excluding hydrogens is 311 g/mol. The maximum absolute atomic E-state index is 13.0. The molecule has 0 fully saturated rings. The molecule has 0 aliphatic rings. The van der Waals surface area contributed by atoms with E-state index in [1.807, 2.05) is 60.7 Å². The first-order valence-electron chi connectivity index (χ1n) is 7.10. The van der Waals surface area contributed by atoms with Gasteiger partial charge in [0.25, 0.3) is 0 Å². The van der Waals surface area contributed by atoms with E-state index in [2.05, 4.69) is 6.58 Å². The summed E-state index contributed by atoms with van der Waals surface area (Å²) < 4.78 is 5.10. The minimum atomic E-state index is -2.57. The third kappa shape index (κ3) is 3.74. The zero-order valence-electron chi connectivity index (χ0n) is 12.8. The quantitative estimate of drug-likeness (QED) is 0.603. The van der Waals surface area contributed by atoms with Crippen LogP contribution in [0.25, 0.3) is 0 Å². The molecular formula is C18H19O4P. The average molecular weight is 330 g/mol. The summed E-state index contributed by atoms with van der Waals surface area (Å²) >= 11 is 0. The first-order valence-corrected chi connectivity index (χ1v) is 8.27. The van der Waals surface area contributed by atoms with Gasteiger partial charge in [0.15, 0.2) is 5.78 Å². The van der Waals surface area contributed by atoms with E-state index >= 15 is 0 Å². The fourth-order valence-corrected chi connectivity index (χ4v) is 2.93. The minimum Gasteiger partial charge on any atom is -0.328 e. The van der Waals surface area contributed by atoms with Crippen LogP contribution in [-0.4, -0.2) is 22.2 Å². The lowest BCUT2D eigenvalue weighted by Crippen LogP contribution is -2.41. The standard InChI is InChI=1S/C18H19O4P/c1-14(2)17(19)18(13-22-23(20)21,15-9-5-3-6-10-15)16-11-7-4-8-12-16/h3-12,20-21H,1,13H2,2H3. The topological polar surface area (TPSA) is 66.8 Å². The third-order valence-electron chi connectivity index (χ3n) is 3.70. The van der Waals surface area contributed by atoms with Crippen LogP contribution in [0, 0.1) is 0 Å². The van der Waals surface area contributed by atoms with Crippen molar-refractivity contribution in [1.82, 2.24) is 0 Å². The normalized spacial score (nSPS) is 11.5. The second-order valence-corrected chi connectivity index (χ2v) is 6.04. The fourth-order valence-electron chi connectivity index (χ4n) is 2.63.